The summed E-state index contributed by atoms with van der Waals surface area (Å²) in [4.78, 5) is 22.0. The maximum atomic E-state index is 13.1. The van der Waals surface area contributed by atoms with Crippen LogP contribution in [0.5, 0.6) is 0 Å². The van der Waals surface area contributed by atoms with Gasteiger partial charge in [-0.3, -0.25) is 9.59 Å². The summed E-state index contributed by atoms with van der Waals surface area (Å²) in [6, 6.07) is 8.06. The predicted molar refractivity (Wildman–Crippen MR) is 100 cm³/mol. The Labute approximate surface area is 165 Å². The van der Waals surface area contributed by atoms with E-state index in [2.05, 4.69) is 5.32 Å². The first-order chi connectivity index (χ1) is 13.1. The molecule has 0 heterocycles. The van der Waals surface area contributed by atoms with Crippen LogP contribution in [-0.4, -0.2) is 23.4 Å². The summed E-state index contributed by atoms with van der Waals surface area (Å²) in [6.45, 7) is 1.89. The van der Waals surface area contributed by atoms with Crippen LogP contribution in [0.15, 0.2) is 36.4 Å². The van der Waals surface area contributed by atoms with Crippen LogP contribution in [0.4, 0.5) is 13.2 Å². The molecule has 0 aromatic heterocycles. The van der Waals surface area contributed by atoms with Crippen LogP contribution in [-0.2, 0) is 28.7 Å². The molecular weight excluding hydrogens is 395 g/mol. The van der Waals surface area contributed by atoms with Gasteiger partial charge in [-0.25, -0.2) is 0 Å². The Kier molecular flexibility index (Phi) is 7.21. The third kappa shape index (κ3) is 6.35. The third-order valence-corrected chi connectivity index (χ3v) is 4.24. The van der Waals surface area contributed by atoms with Gasteiger partial charge in [0.25, 0.3) is 0 Å². The summed E-state index contributed by atoms with van der Waals surface area (Å²) in [7, 11) is 0. The number of hydrogen-bond donors (Lipinski definition) is 2. The number of rotatable bonds is 8. The van der Waals surface area contributed by atoms with E-state index in [0.29, 0.717) is 33.8 Å². The number of carbonyl (C=O) groups excluding carboxylic acids is 1. The van der Waals surface area contributed by atoms with Crippen LogP contribution in [0.1, 0.15) is 30.0 Å². The summed E-state index contributed by atoms with van der Waals surface area (Å²) in [5, 5.41) is 12.2. The number of carboxylic acids is 1. The Balaban J connectivity index is 2.42. The van der Waals surface area contributed by atoms with Crippen molar-refractivity contribution in [2.24, 2.45) is 0 Å². The smallest absolute Gasteiger partial charge is 0.416 e. The minimum atomic E-state index is -4.49. The lowest BCUT2D eigenvalue weighted by Crippen LogP contribution is -2.18. The molecule has 2 rings (SSSR count). The Morgan fingerprint density at radius 2 is 1.86 bits per heavy atom. The van der Waals surface area contributed by atoms with Crippen LogP contribution in [0, 0.1) is 0 Å². The summed E-state index contributed by atoms with van der Waals surface area (Å²) in [5.74, 6) is -1.06. The molecule has 150 valence electrons. The molecule has 0 atom stereocenters. The molecule has 0 amide bonds. The van der Waals surface area contributed by atoms with Gasteiger partial charge in [0, 0.05) is 24.5 Å². The van der Waals surface area contributed by atoms with Crippen molar-refractivity contribution in [3.63, 3.8) is 0 Å². The normalized spacial score (nSPS) is 11.5. The van der Waals surface area contributed by atoms with Crippen LogP contribution in [0.25, 0.3) is 11.1 Å². The van der Waals surface area contributed by atoms with Gasteiger partial charge in [0.1, 0.15) is 5.78 Å². The van der Waals surface area contributed by atoms with Crippen molar-refractivity contribution in [2.75, 3.05) is 6.54 Å². The van der Waals surface area contributed by atoms with Crippen molar-refractivity contribution in [2.45, 2.75) is 32.5 Å². The number of Topliss-reactive ketones (excluding diaryl/α,β-unsaturated/α-hetero) is 1. The summed E-state index contributed by atoms with van der Waals surface area (Å²) in [6.07, 6.45) is -4.47. The number of carbonyl (C=O) groups is 2. The molecule has 0 aliphatic rings. The molecular formula is C20H19ClF3NO3. The molecule has 0 saturated carbocycles. The molecule has 2 aromatic carbocycles. The second kappa shape index (κ2) is 9.21. The Hall–Kier alpha value is -2.38. The molecule has 2 N–H and O–H groups in total. The van der Waals surface area contributed by atoms with Gasteiger partial charge in [-0.2, -0.15) is 13.2 Å². The number of halogens is 4. The largest absolute Gasteiger partial charge is 0.481 e. The van der Waals surface area contributed by atoms with E-state index in [1.54, 1.807) is 12.1 Å². The van der Waals surface area contributed by atoms with Gasteiger partial charge >= 0.3 is 12.1 Å². The average Bonchev–Trinajstić information content (AvgIpc) is 2.56. The molecule has 0 saturated heterocycles. The van der Waals surface area contributed by atoms with E-state index in [4.69, 9.17) is 16.7 Å². The summed E-state index contributed by atoms with van der Waals surface area (Å²) in [5.41, 5.74) is 1.08. The fourth-order valence-electron chi connectivity index (χ4n) is 2.77. The number of carboxylic acid groups (broad SMARTS) is 1. The molecule has 0 radical (unpaired) electrons. The first-order valence-electron chi connectivity index (χ1n) is 8.48. The first kappa shape index (κ1) is 21.9. The van der Waals surface area contributed by atoms with Gasteiger partial charge in [-0.1, -0.05) is 23.7 Å². The van der Waals surface area contributed by atoms with Crippen LogP contribution < -0.4 is 5.32 Å². The van der Waals surface area contributed by atoms with Crippen molar-refractivity contribution in [3.8, 4) is 11.1 Å². The number of aliphatic carboxylic acids is 1. The third-order valence-electron chi connectivity index (χ3n) is 4.03. The summed E-state index contributed by atoms with van der Waals surface area (Å²) >= 11 is 6.08. The zero-order valence-electron chi connectivity index (χ0n) is 15.1. The molecule has 2 aromatic rings. The number of nitrogens with one attached hydrogen (secondary N) is 1. The van der Waals surface area contributed by atoms with E-state index < -0.39 is 17.7 Å². The Morgan fingerprint density at radius 3 is 2.46 bits per heavy atom. The van der Waals surface area contributed by atoms with Gasteiger partial charge in [-0.15, -0.1) is 0 Å². The van der Waals surface area contributed by atoms with E-state index >= 15 is 0 Å². The monoisotopic (exact) mass is 413 g/mol. The molecule has 8 heteroatoms. The highest BCUT2D eigenvalue weighted by atomic mass is 35.5. The van der Waals surface area contributed by atoms with E-state index in [9.17, 15) is 22.8 Å². The zero-order valence-corrected chi connectivity index (χ0v) is 15.8. The minimum Gasteiger partial charge on any atom is -0.481 e. The molecule has 28 heavy (non-hydrogen) atoms. The molecule has 0 bridgehead atoms. The second-order valence-corrected chi connectivity index (χ2v) is 6.85. The summed E-state index contributed by atoms with van der Waals surface area (Å²) < 4.78 is 39.3. The second-order valence-electron chi connectivity index (χ2n) is 6.42. The van der Waals surface area contributed by atoms with Gasteiger partial charge in [0.2, 0.25) is 0 Å². The fourth-order valence-corrected chi connectivity index (χ4v) is 3.03. The maximum Gasteiger partial charge on any atom is 0.416 e. The van der Waals surface area contributed by atoms with Crippen LogP contribution >= 0.6 is 11.6 Å². The lowest BCUT2D eigenvalue weighted by Gasteiger charge is -2.15. The van der Waals surface area contributed by atoms with Crippen LogP contribution in [0.2, 0.25) is 5.02 Å². The van der Waals surface area contributed by atoms with E-state index in [0.717, 1.165) is 12.1 Å². The number of alkyl halides is 3. The van der Waals surface area contributed by atoms with Crippen molar-refractivity contribution >= 4 is 23.4 Å². The van der Waals surface area contributed by atoms with E-state index in [1.165, 1.54) is 19.1 Å². The zero-order chi connectivity index (χ0) is 20.9. The van der Waals surface area contributed by atoms with Gasteiger partial charge in [-0.05, 0) is 53.4 Å². The molecule has 0 fully saturated rings. The minimum absolute atomic E-state index is 0.0232. The van der Waals surface area contributed by atoms with E-state index in [-0.39, 0.29) is 25.2 Å². The SMILES string of the molecule is CC(=O)CCNCc1cc(C(F)(F)F)ccc1-c1cc(Cl)cc(CC(=O)O)c1. The number of benzene rings is 2. The quantitative estimate of drug-likeness (QED) is 0.614. The van der Waals surface area contributed by atoms with Crippen molar-refractivity contribution in [3.05, 3.63) is 58.1 Å². The average molecular weight is 414 g/mol. The molecule has 0 spiro atoms. The predicted octanol–water partition coefficient (Wildman–Crippen LogP) is 4.72. The van der Waals surface area contributed by atoms with Gasteiger partial charge < -0.3 is 10.4 Å². The Bertz CT molecular complexity index is 881. The van der Waals surface area contributed by atoms with E-state index in [1.807, 2.05) is 0 Å². The van der Waals surface area contributed by atoms with Gasteiger partial charge in [0.05, 0.1) is 12.0 Å². The molecule has 0 aliphatic heterocycles. The topological polar surface area (TPSA) is 66.4 Å². The van der Waals surface area contributed by atoms with Crippen molar-refractivity contribution in [1.29, 1.82) is 0 Å². The molecule has 0 aliphatic carbocycles. The van der Waals surface area contributed by atoms with Gasteiger partial charge in [0.15, 0.2) is 0 Å². The number of hydrogen-bond acceptors (Lipinski definition) is 3. The van der Waals surface area contributed by atoms with Crippen molar-refractivity contribution in [1.82, 2.24) is 5.32 Å². The van der Waals surface area contributed by atoms with Crippen molar-refractivity contribution < 1.29 is 27.9 Å². The highest BCUT2D eigenvalue weighted by molar-refractivity contribution is 6.31. The number of ketones is 1. The standard InChI is InChI=1S/C20H19ClF3NO3/c1-12(26)4-5-25-11-15-9-16(20(22,23)24)2-3-18(15)14-6-13(8-19(27)28)7-17(21)10-14/h2-3,6-7,9-10,25H,4-5,8,11H2,1H3,(H,27,28). The molecule has 0 unspecified atom stereocenters. The highest BCUT2D eigenvalue weighted by Crippen LogP contribution is 2.34. The lowest BCUT2D eigenvalue weighted by molar-refractivity contribution is -0.138. The molecule has 4 nitrogen and oxygen atoms in total. The Morgan fingerprint density at radius 1 is 1.14 bits per heavy atom. The maximum absolute atomic E-state index is 13.1. The fraction of sp³-hybridized carbons (Fsp3) is 0.300. The lowest BCUT2D eigenvalue weighted by atomic mass is 9.95. The highest BCUT2D eigenvalue weighted by Gasteiger charge is 2.31. The first-order valence-corrected chi connectivity index (χ1v) is 8.86. The van der Waals surface area contributed by atoms with Crippen LogP contribution in [0.3, 0.4) is 0 Å².